The first-order valence-corrected chi connectivity index (χ1v) is 33.8. The third-order valence-corrected chi connectivity index (χ3v) is 15.6. The van der Waals surface area contributed by atoms with Crippen LogP contribution < -0.4 is 5.32 Å². The third kappa shape index (κ3) is 61.2. The summed E-state index contributed by atoms with van der Waals surface area (Å²) in [4.78, 5) is 24.5. The van der Waals surface area contributed by atoms with E-state index in [1.165, 1.54) is 295 Å². The molecule has 6 nitrogen and oxygen atoms in total. The molecule has 0 aliphatic carbocycles. The molecule has 0 radical (unpaired) electrons. The van der Waals surface area contributed by atoms with Gasteiger partial charge < -0.3 is 20.3 Å². The van der Waals surface area contributed by atoms with Crippen molar-refractivity contribution in [2.24, 2.45) is 0 Å². The van der Waals surface area contributed by atoms with E-state index in [0.717, 1.165) is 44.9 Å². The molecular weight excluding hydrogens is 923 g/mol. The Morgan fingerprint density at radius 2 is 0.640 bits per heavy atom. The molecule has 0 bridgehead atoms. The van der Waals surface area contributed by atoms with Crippen molar-refractivity contribution in [3.05, 3.63) is 36.5 Å². The van der Waals surface area contributed by atoms with Gasteiger partial charge in [-0.25, -0.2) is 0 Å². The van der Waals surface area contributed by atoms with Crippen LogP contribution in [-0.2, 0) is 14.3 Å². The molecule has 0 aliphatic rings. The maximum Gasteiger partial charge on any atom is 0.305 e. The van der Waals surface area contributed by atoms with Crippen LogP contribution in [0.4, 0.5) is 0 Å². The minimum Gasteiger partial charge on any atom is -0.466 e. The van der Waals surface area contributed by atoms with Gasteiger partial charge in [0.15, 0.2) is 0 Å². The van der Waals surface area contributed by atoms with Crippen molar-refractivity contribution < 1.29 is 24.5 Å². The summed E-state index contributed by atoms with van der Waals surface area (Å²) in [5.74, 6) is -0.0637. The largest absolute Gasteiger partial charge is 0.466 e. The van der Waals surface area contributed by atoms with Gasteiger partial charge in [0.1, 0.15) is 0 Å². The Morgan fingerprint density at radius 3 is 0.987 bits per heavy atom. The molecule has 6 heteroatoms. The topological polar surface area (TPSA) is 95.9 Å². The van der Waals surface area contributed by atoms with Crippen molar-refractivity contribution >= 4 is 11.9 Å². The van der Waals surface area contributed by atoms with Gasteiger partial charge in [-0.1, -0.05) is 314 Å². The number of amides is 1. The highest BCUT2D eigenvalue weighted by molar-refractivity contribution is 5.76. The SMILES string of the molecule is CCCC/C=C\CCCCCCCC(=O)OCCCCCCCCCCCCCC/C=C\CCCCCCCCCCCCC(=O)NC(CO)C(O)/C=C/CCCCCCCCCCCCCCCCCCCCC. The van der Waals surface area contributed by atoms with Gasteiger partial charge in [0.25, 0.3) is 0 Å². The summed E-state index contributed by atoms with van der Waals surface area (Å²) in [6.07, 6.45) is 82.1. The molecule has 75 heavy (non-hydrogen) atoms. The minimum absolute atomic E-state index is 0.00299. The average molecular weight is 1050 g/mol. The summed E-state index contributed by atoms with van der Waals surface area (Å²) in [5, 5.41) is 23.2. The number of aliphatic hydroxyl groups excluding tert-OH is 2. The van der Waals surface area contributed by atoms with E-state index in [4.69, 9.17) is 4.74 Å². The van der Waals surface area contributed by atoms with E-state index in [0.29, 0.717) is 19.4 Å². The molecular formula is C69H131NO5. The number of hydrogen-bond acceptors (Lipinski definition) is 5. The van der Waals surface area contributed by atoms with Crippen molar-refractivity contribution in [1.29, 1.82) is 0 Å². The predicted octanol–water partition coefficient (Wildman–Crippen LogP) is 21.5. The standard InChI is InChI=1S/C69H131NO5/c1-3-5-7-9-11-13-15-16-17-18-19-26-29-32-35-38-42-45-49-53-57-61-67(72)66(65-71)70-68(73)62-58-54-50-46-43-39-36-33-30-27-24-22-20-21-23-25-28-31-34-37-40-44-48-52-56-60-64-75-69(74)63-59-55-51-47-41-14-12-10-8-6-4-2/h10,12,20,22,57,61,66-67,71-72H,3-9,11,13-19,21,23-56,58-60,62-65H2,1-2H3,(H,70,73)/b12-10-,22-20-,61-57+. The number of carbonyl (C=O) groups is 2. The van der Waals surface area contributed by atoms with Crippen LogP contribution in [0.25, 0.3) is 0 Å². The fraction of sp³-hybridized carbons (Fsp3) is 0.884. The van der Waals surface area contributed by atoms with E-state index in [1.807, 2.05) is 6.08 Å². The number of rotatable bonds is 63. The molecule has 0 aromatic rings. The van der Waals surface area contributed by atoms with Crippen LogP contribution in [0.1, 0.15) is 367 Å². The van der Waals surface area contributed by atoms with E-state index in [9.17, 15) is 19.8 Å². The van der Waals surface area contributed by atoms with Gasteiger partial charge in [0.05, 0.1) is 25.4 Å². The molecule has 0 fully saturated rings. The van der Waals surface area contributed by atoms with Gasteiger partial charge >= 0.3 is 5.97 Å². The molecule has 1 amide bonds. The smallest absolute Gasteiger partial charge is 0.305 e. The summed E-state index contributed by atoms with van der Waals surface area (Å²) < 4.78 is 5.46. The average Bonchev–Trinajstić information content (AvgIpc) is 3.41. The fourth-order valence-electron chi connectivity index (χ4n) is 10.4. The Balaban J connectivity index is 3.43. The second-order valence-corrected chi connectivity index (χ2v) is 23.1. The van der Waals surface area contributed by atoms with Crippen LogP contribution in [0.2, 0.25) is 0 Å². The van der Waals surface area contributed by atoms with Crippen LogP contribution in [-0.4, -0.2) is 47.4 Å². The van der Waals surface area contributed by atoms with E-state index >= 15 is 0 Å². The predicted molar refractivity (Wildman–Crippen MR) is 329 cm³/mol. The fourth-order valence-corrected chi connectivity index (χ4v) is 10.4. The van der Waals surface area contributed by atoms with E-state index in [-0.39, 0.29) is 18.5 Å². The number of aliphatic hydroxyl groups is 2. The summed E-state index contributed by atoms with van der Waals surface area (Å²) in [7, 11) is 0. The first kappa shape index (κ1) is 73.1. The monoisotopic (exact) mass is 1050 g/mol. The van der Waals surface area contributed by atoms with Gasteiger partial charge in [-0.15, -0.1) is 0 Å². The number of ether oxygens (including phenoxy) is 1. The van der Waals surface area contributed by atoms with Gasteiger partial charge in [-0.3, -0.25) is 9.59 Å². The van der Waals surface area contributed by atoms with Crippen LogP contribution in [0.15, 0.2) is 36.5 Å². The van der Waals surface area contributed by atoms with Crippen molar-refractivity contribution in [3.63, 3.8) is 0 Å². The maximum absolute atomic E-state index is 12.5. The highest BCUT2D eigenvalue weighted by Crippen LogP contribution is 2.18. The zero-order valence-electron chi connectivity index (χ0n) is 50.5. The van der Waals surface area contributed by atoms with Gasteiger partial charge in [0.2, 0.25) is 5.91 Å². The van der Waals surface area contributed by atoms with Gasteiger partial charge in [0, 0.05) is 12.8 Å². The Hall–Kier alpha value is -1.92. The van der Waals surface area contributed by atoms with Crippen molar-refractivity contribution in [2.45, 2.75) is 379 Å². The highest BCUT2D eigenvalue weighted by atomic mass is 16.5. The number of hydrogen-bond donors (Lipinski definition) is 3. The molecule has 0 heterocycles. The normalized spacial score (nSPS) is 12.7. The summed E-state index contributed by atoms with van der Waals surface area (Å²) in [6.45, 7) is 4.89. The van der Waals surface area contributed by atoms with Gasteiger partial charge in [-0.2, -0.15) is 0 Å². The molecule has 3 N–H and O–H groups in total. The van der Waals surface area contributed by atoms with E-state index in [2.05, 4.69) is 43.5 Å². The second-order valence-electron chi connectivity index (χ2n) is 23.1. The van der Waals surface area contributed by atoms with Crippen LogP contribution in [0.5, 0.6) is 0 Å². The van der Waals surface area contributed by atoms with Crippen LogP contribution >= 0.6 is 0 Å². The molecule has 2 unspecified atom stereocenters. The molecule has 2 atom stereocenters. The van der Waals surface area contributed by atoms with Crippen LogP contribution in [0.3, 0.4) is 0 Å². The maximum atomic E-state index is 12.5. The Bertz CT molecular complexity index is 1210. The zero-order valence-corrected chi connectivity index (χ0v) is 50.5. The van der Waals surface area contributed by atoms with Gasteiger partial charge in [-0.05, 0) is 77.0 Å². The lowest BCUT2D eigenvalue weighted by Gasteiger charge is -2.20. The molecule has 0 rings (SSSR count). The van der Waals surface area contributed by atoms with Crippen molar-refractivity contribution in [2.75, 3.05) is 13.2 Å². The van der Waals surface area contributed by atoms with Crippen molar-refractivity contribution in [1.82, 2.24) is 5.32 Å². The zero-order chi connectivity index (χ0) is 54.3. The van der Waals surface area contributed by atoms with E-state index in [1.54, 1.807) is 6.08 Å². The molecule has 0 spiro atoms. The minimum atomic E-state index is -0.847. The Labute approximate surface area is 468 Å². The van der Waals surface area contributed by atoms with Crippen LogP contribution in [0, 0.1) is 0 Å². The number of carbonyl (C=O) groups excluding carboxylic acids is 2. The number of esters is 1. The Morgan fingerprint density at radius 1 is 0.360 bits per heavy atom. The third-order valence-electron chi connectivity index (χ3n) is 15.6. The molecule has 442 valence electrons. The quantitative estimate of drug-likeness (QED) is 0.0320. The molecule has 0 aromatic carbocycles. The first-order chi connectivity index (χ1) is 37.0. The number of unbranched alkanes of at least 4 members (excludes halogenated alkanes) is 48. The molecule has 0 aliphatic heterocycles. The second kappa shape index (κ2) is 64.6. The summed E-state index contributed by atoms with van der Waals surface area (Å²) >= 11 is 0. The van der Waals surface area contributed by atoms with E-state index < -0.39 is 12.1 Å². The molecule has 0 aromatic heterocycles. The number of allylic oxidation sites excluding steroid dienone is 5. The highest BCUT2D eigenvalue weighted by Gasteiger charge is 2.18. The lowest BCUT2D eigenvalue weighted by molar-refractivity contribution is -0.143. The Kier molecular flexibility index (Phi) is 63.0. The lowest BCUT2D eigenvalue weighted by Crippen LogP contribution is -2.45. The summed E-state index contributed by atoms with van der Waals surface area (Å²) in [6, 6.07) is -0.630. The first-order valence-electron chi connectivity index (χ1n) is 33.8. The van der Waals surface area contributed by atoms with Crippen molar-refractivity contribution in [3.8, 4) is 0 Å². The molecule has 0 saturated heterocycles. The lowest BCUT2D eigenvalue weighted by atomic mass is 10.0. The summed E-state index contributed by atoms with van der Waals surface area (Å²) in [5.41, 5.74) is 0. The molecule has 0 saturated carbocycles. The number of nitrogens with one attached hydrogen (secondary N) is 1.